The first-order valence-electron chi connectivity index (χ1n) is 6.39. The molecule has 2 N–H and O–H groups in total. The van der Waals surface area contributed by atoms with E-state index in [4.69, 9.17) is 5.11 Å². The van der Waals surface area contributed by atoms with E-state index in [1.54, 1.807) is 0 Å². The van der Waals surface area contributed by atoms with E-state index in [0.717, 1.165) is 19.6 Å². The maximum Gasteiger partial charge on any atom is 0.320 e. The molecule has 4 nitrogen and oxygen atoms in total. The van der Waals surface area contributed by atoms with Crippen molar-refractivity contribution in [3.8, 4) is 0 Å². The molecule has 2 atom stereocenters. The topological polar surface area (TPSA) is 52.6 Å². The lowest BCUT2D eigenvalue weighted by Crippen LogP contribution is -2.49. The van der Waals surface area contributed by atoms with Gasteiger partial charge in [0.1, 0.15) is 6.04 Å². The van der Waals surface area contributed by atoms with E-state index in [2.05, 4.69) is 10.2 Å². The predicted molar refractivity (Wildman–Crippen MR) is 64.6 cm³/mol. The van der Waals surface area contributed by atoms with Gasteiger partial charge in [-0.05, 0) is 32.4 Å². The summed E-state index contributed by atoms with van der Waals surface area (Å²) in [4.78, 5) is 13.2. The molecule has 0 amide bonds. The average Bonchev–Trinajstić information content (AvgIpc) is 2.29. The minimum absolute atomic E-state index is 0.325. The Balaban J connectivity index is 2.48. The molecular formula is C12H24N2O2. The molecule has 0 aromatic carbocycles. The minimum atomic E-state index is -0.694. The van der Waals surface area contributed by atoms with Crippen LogP contribution < -0.4 is 5.32 Å². The van der Waals surface area contributed by atoms with E-state index in [1.807, 2.05) is 13.8 Å². The highest BCUT2D eigenvalue weighted by molar-refractivity contribution is 5.73. The fraction of sp³-hybridized carbons (Fsp3) is 0.917. The van der Waals surface area contributed by atoms with Gasteiger partial charge in [0.05, 0.1) is 0 Å². The molecule has 0 radical (unpaired) electrons. The van der Waals surface area contributed by atoms with Crippen molar-refractivity contribution in [2.45, 2.75) is 51.6 Å². The molecule has 1 rings (SSSR count). The number of hydrogen-bond donors (Lipinski definition) is 2. The molecule has 1 heterocycles. The zero-order chi connectivity index (χ0) is 12.0. The lowest BCUT2D eigenvalue weighted by atomic mass is 10.0. The van der Waals surface area contributed by atoms with Crippen LogP contribution in [-0.2, 0) is 4.79 Å². The van der Waals surface area contributed by atoms with Gasteiger partial charge in [-0.25, -0.2) is 0 Å². The Labute approximate surface area is 98.0 Å². The summed E-state index contributed by atoms with van der Waals surface area (Å²) in [6.07, 6.45) is 4.36. The van der Waals surface area contributed by atoms with E-state index in [1.165, 1.54) is 19.3 Å². The summed E-state index contributed by atoms with van der Waals surface area (Å²) < 4.78 is 0. The number of likely N-dealkylation sites (N-methyl/N-ethyl adjacent to an activating group) is 1. The lowest BCUT2D eigenvalue weighted by Gasteiger charge is -2.33. The summed E-state index contributed by atoms with van der Waals surface area (Å²) >= 11 is 0. The number of nitrogens with one attached hydrogen (secondary N) is 1. The van der Waals surface area contributed by atoms with E-state index >= 15 is 0 Å². The molecule has 4 heteroatoms. The number of carboxylic acids is 1. The highest BCUT2D eigenvalue weighted by atomic mass is 16.4. The van der Waals surface area contributed by atoms with Gasteiger partial charge in [-0.15, -0.1) is 0 Å². The van der Waals surface area contributed by atoms with Gasteiger partial charge in [0.15, 0.2) is 0 Å². The van der Waals surface area contributed by atoms with E-state index < -0.39 is 5.97 Å². The Morgan fingerprint density at radius 1 is 1.50 bits per heavy atom. The summed E-state index contributed by atoms with van der Waals surface area (Å²) in [6, 6.07) is 0.149. The third-order valence-corrected chi connectivity index (χ3v) is 3.39. The number of carboxylic acid groups (broad SMARTS) is 1. The molecule has 1 aliphatic rings. The van der Waals surface area contributed by atoms with Crippen LogP contribution in [0.2, 0.25) is 0 Å². The summed E-state index contributed by atoms with van der Waals surface area (Å²) in [6.45, 7) is 6.72. The monoisotopic (exact) mass is 228 g/mol. The number of carbonyl (C=O) groups is 1. The second-order valence-electron chi connectivity index (χ2n) is 4.50. The third-order valence-electron chi connectivity index (χ3n) is 3.39. The smallest absolute Gasteiger partial charge is 0.320 e. The zero-order valence-electron chi connectivity index (χ0n) is 10.4. The van der Waals surface area contributed by atoms with Gasteiger partial charge in [-0.3, -0.25) is 9.69 Å². The molecule has 0 saturated carbocycles. The van der Waals surface area contributed by atoms with Crippen LogP contribution in [0.4, 0.5) is 0 Å². The van der Waals surface area contributed by atoms with Crippen molar-refractivity contribution in [1.82, 2.24) is 10.2 Å². The first-order chi connectivity index (χ1) is 7.69. The molecule has 0 bridgehead atoms. The van der Waals surface area contributed by atoms with Gasteiger partial charge in [-0.2, -0.15) is 0 Å². The standard InChI is InChI=1S/C12H24N2O2/c1-3-11(12(15)16)14(4-2)9-10-7-5-6-8-13-10/h10-11,13H,3-9H2,1-2H3,(H,15,16). The number of nitrogens with zero attached hydrogens (tertiary/aromatic N) is 1. The van der Waals surface area contributed by atoms with Crippen LogP contribution in [0.1, 0.15) is 39.5 Å². The maximum absolute atomic E-state index is 11.1. The number of piperidine rings is 1. The summed E-state index contributed by atoms with van der Waals surface area (Å²) in [5.41, 5.74) is 0. The summed E-state index contributed by atoms with van der Waals surface area (Å²) in [5, 5.41) is 12.6. The van der Waals surface area contributed by atoms with Gasteiger partial charge >= 0.3 is 5.97 Å². The SMILES string of the molecule is CCC(C(=O)O)N(CC)CC1CCCCN1. The van der Waals surface area contributed by atoms with E-state index in [-0.39, 0.29) is 6.04 Å². The summed E-state index contributed by atoms with van der Waals surface area (Å²) in [5.74, 6) is -0.694. The Kier molecular flexibility index (Phi) is 5.77. The maximum atomic E-state index is 11.1. The van der Waals surface area contributed by atoms with Gasteiger partial charge in [-0.1, -0.05) is 20.3 Å². The second-order valence-corrected chi connectivity index (χ2v) is 4.50. The predicted octanol–water partition coefficient (Wildman–Crippen LogP) is 1.31. The van der Waals surface area contributed by atoms with Gasteiger partial charge in [0.2, 0.25) is 0 Å². The van der Waals surface area contributed by atoms with Crippen molar-refractivity contribution >= 4 is 5.97 Å². The number of hydrogen-bond acceptors (Lipinski definition) is 3. The van der Waals surface area contributed by atoms with E-state index in [9.17, 15) is 4.79 Å². The molecule has 0 aromatic rings. The number of aliphatic carboxylic acids is 1. The quantitative estimate of drug-likeness (QED) is 0.720. The fourth-order valence-electron chi connectivity index (χ4n) is 2.43. The molecular weight excluding hydrogens is 204 g/mol. The fourth-order valence-corrected chi connectivity index (χ4v) is 2.43. The van der Waals surface area contributed by atoms with Crippen molar-refractivity contribution in [1.29, 1.82) is 0 Å². The molecule has 0 aliphatic carbocycles. The van der Waals surface area contributed by atoms with Gasteiger partial charge in [0.25, 0.3) is 0 Å². The van der Waals surface area contributed by atoms with E-state index in [0.29, 0.717) is 12.5 Å². The first kappa shape index (κ1) is 13.5. The number of rotatable bonds is 6. The van der Waals surface area contributed by atoms with Gasteiger partial charge < -0.3 is 10.4 Å². The third kappa shape index (κ3) is 3.76. The van der Waals surface area contributed by atoms with Crippen molar-refractivity contribution in [2.24, 2.45) is 0 Å². The van der Waals surface area contributed by atoms with Crippen LogP contribution >= 0.6 is 0 Å². The largest absolute Gasteiger partial charge is 0.480 e. The van der Waals surface area contributed by atoms with Crippen LogP contribution in [0.15, 0.2) is 0 Å². The molecule has 94 valence electrons. The van der Waals surface area contributed by atoms with Crippen LogP contribution in [0.5, 0.6) is 0 Å². The van der Waals surface area contributed by atoms with Crippen LogP contribution in [-0.4, -0.2) is 47.7 Å². The highest BCUT2D eigenvalue weighted by Crippen LogP contribution is 2.11. The molecule has 2 unspecified atom stereocenters. The second kappa shape index (κ2) is 6.86. The van der Waals surface area contributed by atoms with Crippen LogP contribution in [0.25, 0.3) is 0 Å². The van der Waals surface area contributed by atoms with Crippen molar-refractivity contribution in [3.05, 3.63) is 0 Å². The normalized spacial score (nSPS) is 23.3. The molecule has 1 saturated heterocycles. The zero-order valence-corrected chi connectivity index (χ0v) is 10.4. The Hall–Kier alpha value is -0.610. The van der Waals surface area contributed by atoms with Crippen LogP contribution in [0.3, 0.4) is 0 Å². The van der Waals surface area contributed by atoms with Crippen molar-refractivity contribution in [3.63, 3.8) is 0 Å². The molecule has 1 aliphatic heterocycles. The molecule has 1 fully saturated rings. The minimum Gasteiger partial charge on any atom is -0.480 e. The Morgan fingerprint density at radius 2 is 2.25 bits per heavy atom. The molecule has 0 aromatic heterocycles. The highest BCUT2D eigenvalue weighted by Gasteiger charge is 2.25. The average molecular weight is 228 g/mol. The van der Waals surface area contributed by atoms with Gasteiger partial charge in [0, 0.05) is 12.6 Å². The first-order valence-corrected chi connectivity index (χ1v) is 6.39. The lowest BCUT2D eigenvalue weighted by molar-refractivity contribution is -0.143. The Morgan fingerprint density at radius 3 is 2.69 bits per heavy atom. The van der Waals surface area contributed by atoms with Crippen molar-refractivity contribution < 1.29 is 9.90 Å². The van der Waals surface area contributed by atoms with Crippen molar-refractivity contribution in [2.75, 3.05) is 19.6 Å². The molecule has 16 heavy (non-hydrogen) atoms. The Bertz CT molecular complexity index is 215. The van der Waals surface area contributed by atoms with Crippen LogP contribution in [0, 0.1) is 0 Å². The summed E-state index contributed by atoms with van der Waals surface area (Å²) in [7, 11) is 0. The molecule has 0 spiro atoms.